The summed E-state index contributed by atoms with van der Waals surface area (Å²) in [6.07, 6.45) is 2.06. The van der Waals surface area contributed by atoms with Crippen LogP contribution in [0.1, 0.15) is 49.5 Å². The molecule has 2 heterocycles. The largest absolute Gasteiger partial charge is 0.304 e. The van der Waals surface area contributed by atoms with Crippen molar-refractivity contribution in [3.05, 3.63) is 38.3 Å². The van der Waals surface area contributed by atoms with Crippen LogP contribution in [-0.4, -0.2) is 9.78 Å². The van der Waals surface area contributed by atoms with E-state index in [1.807, 2.05) is 11.3 Å². The summed E-state index contributed by atoms with van der Waals surface area (Å²) in [5.41, 5.74) is 2.40. The summed E-state index contributed by atoms with van der Waals surface area (Å²) in [5.74, 6) is 0. The van der Waals surface area contributed by atoms with Crippen molar-refractivity contribution in [2.24, 2.45) is 0 Å². The molecule has 0 aliphatic carbocycles. The molecule has 0 spiro atoms. The standard InChI is InChI=1S/C15H22BrN3S/c1-4-11(14-8-7-9-20-14)17-10-13-15(16)12(5-2)18-19(13)6-3/h7-9,11,17H,4-6,10H2,1-3H3. The summed E-state index contributed by atoms with van der Waals surface area (Å²) in [6.45, 7) is 8.26. The van der Waals surface area contributed by atoms with Crippen LogP contribution in [0.2, 0.25) is 0 Å². The van der Waals surface area contributed by atoms with E-state index in [1.54, 1.807) is 0 Å². The molecule has 110 valence electrons. The average molecular weight is 356 g/mol. The first-order valence-electron chi connectivity index (χ1n) is 7.22. The molecule has 0 fully saturated rings. The molecule has 0 radical (unpaired) electrons. The van der Waals surface area contributed by atoms with Gasteiger partial charge in [-0.1, -0.05) is 19.9 Å². The molecule has 0 aromatic carbocycles. The van der Waals surface area contributed by atoms with Crippen LogP contribution in [0.25, 0.3) is 0 Å². The Labute approximate surface area is 133 Å². The smallest absolute Gasteiger partial charge is 0.0767 e. The van der Waals surface area contributed by atoms with Crippen molar-refractivity contribution >= 4 is 27.3 Å². The number of nitrogens with one attached hydrogen (secondary N) is 1. The van der Waals surface area contributed by atoms with Gasteiger partial charge in [-0.2, -0.15) is 5.10 Å². The van der Waals surface area contributed by atoms with Crippen LogP contribution < -0.4 is 5.32 Å². The van der Waals surface area contributed by atoms with Gasteiger partial charge in [0.2, 0.25) is 0 Å². The number of rotatable bonds is 7. The summed E-state index contributed by atoms with van der Waals surface area (Å²) >= 11 is 5.52. The highest BCUT2D eigenvalue weighted by Gasteiger charge is 2.16. The zero-order chi connectivity index (χ0) is 14.5. The predicted molar refractivity (Wildman–Crippen MR) is 89.2 cm³/mol. The van der Waals surface area contributed by atoms with E-state index in [0.717, 1.165) is 36.1 Å². The fraction of sp³-hybridized carbons (Fsp3) is 0.533. The van der Waals surface area contributed by atoms with Crippen LogP contribution in [-0.2, 0) is 19.5 Å². The fourth-order valence-corrected chi connectivity index (χ4v) is 3.93. The minimum absolute atomic E-state index is 0.423. The molecule has 0 bridgehead atoms. The van der Waals surface area contributed by atoms with Crippen molar-refractivity contribution in [1.82, 2.24) is 15.1 Å². The molecule has 1 unspecified atom stereocenters. The Bertz CT molecular complexity index is 534. The third-order valence-electron chi connectivity index (χ3n) is 3.50. The maximum absolute atomic E-state index is 4.65. The molecule has 5 heteroatoms. The van der Waals surface area contributed by atoms with Crippen LogP contribution in [0.15, 0.2) is 22.0 Å². The quantitative estimate of drug-likeness (QED) is 0.790. The number of aromatic nitrogens is 2. The summed E-state index contributed by atoms with van der Waals surface area (Å²) in [7, 11) is 0. The SMILES string of the molecule is CCc1nn(CC)c(CNC(CC)c2cccs2)c1Br. The Balaban J connectivity index is 2.12. The highest BCUT2D eigenvalue weighted by molar-refractivity contribution is 9.10. The van der Waals surface area contributed by atoms with E-state index in [4.69, 9.17) is 0 Å². The number of thiophene rings is 1. The molecule has 0 amide bonds. The van der Waals surface area contributed by atoms with Crippen LogP contribution in [0, 0.1) is 0 Å². The molecular weight excluding hydrogens is 334 g/mol. The van der Waals surface area contributed by atoms with Crippen molar-refractivity contribution in [2.75, 3.05) is 0 Å². The molecule has 0 aliphatic rings. The van der Waals surface area contributed by atoms with Crippen molar-refractivity contribution in [1.29, 1.82) is 0 Å². The zero-order valence-electron chi connectivity index (χ0n) is 12.3. The zero-order valence-corrected chi connectivity index (χ0v) is 14.7. The van der Waals surface area contributed by atoms with Gasteiger partial charge in [-0.15, -0.1) is 11.3 Å². The van der Waals surface area contributed by atoms with Crippen LogP contribution >= 0.6 is 27.3 Å². The summed E-state index contributed by atoms with van der Waals surface area (Å²) in [4.78, 5) is 1.40. The molecule has 2 aromatic heterocycles. The van der Waals surface area contributed by atoms with Crippen LogP contribution in [0.4, 0.5) is 0 Å². The molecule has 0 saturated heterocycles. The molecule has 0 aliphatic heterocycles. The second-order valence-electron chi connectivity index (χ2n) is 4.73. The number of hydrogen-bond donors (Lipinski definition) is 1. The van der Waals surface area contributed by atoms with Gasteiger partial charge in [-0.25, -0.2) is 0 Å². The van der Waals surface area contributed by atoms with Crippen LogP contribution in [0.3, 0.4) is 0 Å². The monoisotopic (exact) mass is 355 g/mol. The van der Waals surface area contributed by atoms with Gasteiger partial charge >= 0.3 is 0 Å². The van der Waals surface area contributed by atoms with E-state index in [0.29, 0.717) is 6.04 Å². The van der Waals surface area contributed by atoms with Gasteiger partial charge in [-0.3, -0.25) is 4.68 Å². The Morgan fingerprint density at radius 1 is 1.40 bits per heavy atom. The molecule has 0 saturated carbocycles. The van der Waals surface area contributed by atoms with Gasteiger partial charge in [0, 0.05) is 24.0 Å². The lowest BCUT2D eigenvalue weighted by Crippen LogP contribution is -2.21. The lowest BCUT2D eigenvalue weighted by atomic mass is 10.2. The Morgan fingerprint density at radius 2 is 2.20 bits per heavy atom. The molecule has 3 nitrogen and oxygen atoms in total. The Kier molecular flexibility index (Phi) is 5.81. The Hall–Kier alpha value is -0.650. The summed E-state index contributed by atoms with van der Waals surface area (Å²) < 4.78 is 3.26. The number of halogens is 1. The molecular formula is C15H22BrN3S. The second-order valence-corrected chi connectivity index (χ2v) is 6.51. The van der Waals surface area contributed by atoms with Crippen molar-refractivity contribution in [3.63, 3.8) is 0 Å². The minimum Gasteiger partial charge on any atom is -0.304 e. The van der Waals surface area contributed by atoms with Gasteiger partial charge in [-0.05, 0) is 47.1 Å². The maximum atomic E-state index is 4.65. The lowest BCUT2D eigenvalue weighted by molar-refractivity contribution is 0.498. The number of nitrogens with zero attached hydrogens (tertiary/aromatic N) is 2. The van der Waals surface area contributed by atoms with E-state index in [-0.39, 0.29) is 0 Å². The normalized spacial score (nSPS) is 12.8. The third kappa shape index (κ3) is 3.32. The first-order chi connectivity index (χ1) is 9.71. The summed E-state index contributed by atoms with van der Waals surface area (Å²) in [5, 5.41) is 10.4. The molecule has 1 N–H and O–H groups in total. The van der Waals surface area contributed by atoms with Crippen molar-refractivity contribution in [3.8, 4) is 0 Å². The topological polar surface area (TPSA) is 29.9 Å². The molecule has 2 rings (SSSR count). The minimum atomic E-state index is 0.423. The van der Waals surface area contributed by atoms with Gasteiger partial charge in [0.25, 0.3) is 0 Å². The van der Waals surface area contributed by atoms with E-state index in [2.05, 4.69) is 69.3 Å². The molecule has 1 atom stereocenters. The number of hydrogen-bond acceptors (Lipinski definition) is 3. The van der Waals surface area contributed by atoms with E-state index in [9.17, 15) is 0 Å². The summed E-state index contributed by atoms with van der Waals surface area (Å²) in [6, 6.07) is 4.74. The maximum Gasteiger partial charge on any atom is 0.0767 e. The van der Waals surface area contributed by atoms with Crippen molar-refractivity contribution in [2.45, 2.75) is 52.7 Å². The predicted octanol–water partition coefficient (Wildman–Crippen LogP) is 4.53. The molecule has 20 heavy (non-hydrogen) atoms. The first-order valence-corrected chi connectivity index (χ1v) is 8.89. The fourth-order valence-electron chi connectivity index (χ4n) is 2.34. The van der Waals surface area contributed by atoms with Crippen molar-refractivity contribution < 1.29 is 0 Å². The Morgan fingerprint density at radius 3 is 2.75 bits per heavy atom. The van der Waals surface area contributed by atoms with Crippen LogP contribution in [0.5, 0.6) is 0 Å². The highest BCUT2D eigenvalue weighted by Crippen LogP contribution is 2.25. The van der Waals surface area contributed by atoms with Gasteiger partial charge in [0.1, 0.15) is 0 Å². The first kappa shape index (κ1) is 15.7. The van der Waals surface area contributed by atoms with E-state index in [1.165, 1.54) is 10.6 Å². The van der Waals surface area contributed by atoms with E-state index >= 15 is 0 Å². The van der Waals surface area contributed by atoms with E-state index < -0.39 is 0 Å². The number of aryl methyl sites for hydroxylation is 2. The highest BCUT2D eigenvalue weighted by atomic mass is 79.9. The van der Waals surface area contributed by atoms with Gasteiger partial charge < -0.3 is 5.32 Å². The third-order valence-corrected chi connectivity index (χ3v) is 5.41. The van der Waals surface area contributed by atoms with Gasteiger partial charge in [0.05, 0.1) is 15.9 Å². The average Bonchev–Trinajstić information content (AvgIpc) is 3.08. The second kappa shape index (κ2) is 7.38. The lowest BCUT2D eigenvalue weighted by Gasteiger charge is -2.16. The molecule has 2 aromatic rings. The van der Waals surface area contributed by atoms with Gasteiger partial charge in [0.15, 0.2) is 0 Å².